The largest absolute Gasteiger partial charge is 2.00 e. The normalized spacial score (nSPS) is 8.50. The number of carbonyl (C=O) groups is 1. The third kappa shape index (κ3) is 6.24. The van der Waals surface area contributed by atoms with Crippen LogP contribution in [0, 0.1) is 0 Å². The molecule has 0 aliphatic heterocycles. The average molecular weight is 284 g/mol. The fraction of sp³-hybridized carbons (Fsp3) is 0.133. The van der Waals surface area contributed by atoms with E-state index in [1.807, 2.05) is 49.4 Å². The molecule has 0 radical (unpaired) electrons. The molecule has 0 bridgehead atoms. The molecule has 0 saturated carbocycles. The summed E-state index contributed by atoms with van der Waals surface area (Å²) in [5.41, 5.74) is 0.496. The molecule has 2 aromatic carbocycles. The van der Waals surface area contributed by atoms with Gasteiger partial charge in [-0.05, 0) is 12.0 Å². The Hall–Kier alpha value is -1.57. The Morgan fingerprint density at radius 2 is 1.78 bits per heavy atom. The summed E-state index contributed by atoms with van der Waals surface area (Å²) in [7, 11) is 0. The van der Waals surface area contributed by atoms with Crippen LogP contribution in [0.1, 0.15) is 13.3 Å². The van der Waals surface area contributed by atoms with Crippen molar-refractivity contribution in [2.24, 2.45) is 0 Å². The molecule has 0 saturated heterocycles. The van der Waals surface area contributed by atoms with Gasteiger partial charge in [-0.15, -0.1) is 12.1 Å². The molecule has 0 aliphatic carbocycles. The predicted molar refractivity (Wildman–Crippen MR) is 69.1 cm³/mol. The molecule has 0 aliphatic rings. The minimum Gasteiger partial charge on any atom is -0.515 e. The first kappa shape index (κ1) is 16.4. The van der Waals surface area contributed by atoms with Crippen molar-refractivity contribution in [2.75, 3.05) is 0 Å². The fourth-order valence-electron chi connectivity index (χ4n) is 1.07. The maximum absolute atomic E-state index is 11.1. The van der Waals surface area contributed by atoms with E-state index >= 15 is 0 Å². The van der Waals surface area contributed by atoms with Gasteiger partial charge in [0.25, 0.3) is 5.97 Å². The van der Waals surface area contributed by atoms with Gasteiger partial charge in [0.2, 0.25) is 0 Å². The van der Waals surface area contributed by atoms with E-state index in [-0.39, 0.29) is 23.0 Å². The van der Waals surface area contributed by atoms with E-state index in [4.69, 9.17) is 4.74 Å². The van der Waals surface area contributed by atoms with Crippen molar-refractivity contribution in [3.63, 3.8) is 0 Å². The van der Waals surface area contributed by atoms with E-state index in [0.717, 1.165) is 0 Å². The van der Waals surface area contributed by atoms with Crippen LogP contribution in [-0.2, 0) is 21.9 Å². The first-order valence-electron chi connectivity index (χ1n) is 5.52. The zero-order valence-electron chi connectivity index (χ0n) is 10.3. The van der Waals surface area contributed by atoms with Crippen LogP contribution in [0.15, 0.2) is 66.7 Å². The zero-order valence-corrected chi connectivity index (χ0v) is 11.4. The van der Waals surface area contributed by atoms with Crippen molar-refractivity contribution in [2.45, 2.75) is 13.3 Å². The summed E-state index contributed by atoms with van der Waals surface area (Å²) in [6, 6.07) is 17.1. The van der Waals surface area contributed by atoms with Crippen molar-refractivity contribution < 1.29 is 26.6 Å². The third-order valence-electron chi connectivity index (χ3n) is 2.11. The van der Waals surface area contributed by atoms with Crippen LogP contribution >= 0.6 is 0 Å². The monoisotopic (exact) mass is 284 g/mol. The Bertz CT molecular complexity index is 410. The molecule has 2 rings (SSSR count). The van der Waals surface area contributed by atoms with Crippen LogP contribution in [0.5, 0.6) is 5.75 Å². The second-order valence-corrected chi connectivity index (χ2v) is 3.43. The van der Waals surface area contributed by atoms with E-state index in [2.05, 4.69) is 6.58 Å². The van der Waals surface area contributed by atoms with Gasteiger partial charge in [0, 0.05) is 5.75 Å². The van der Waals surface area contributed by atoms with Gasteiger partial charge in [-0.3, -0.25) is 0 Å². The van der Waals surface area contributed by atoms with Crippen molar-refractivity contribution in [1.29, 1.82) is 0 Å². The Labute approximate surface area is 118 Å². The predicted octanol–water partition coefficient (Wildman–Crippen LogP) is 3.68. The molecule has 96 valence electrons. The van der Waals surface area contributed by atoms with Gasteiger partial charge in [0.05, 0.1) is 0 Å². The number of hydrogen-bond acceptors (Lipinski definition) is 2. The van der Waals surface area contributed by atoms with Crippen molar-refractivity contribution in [3.05, 3.63) is 66.7 Å². The summed E-state index contributed by atoms with van der Waals surface area (Å²) in [6.07, 6.45) is 0.625. The Morgan fingerprint density at radius 3 is 2.17 bits per heavy atom. The van der Waals surface area contributed by atoms with Crippen LogP contribution in [0.4, 0.5) is 0 Å². The van der Waals surface area contributed by atoms with Gasteiger partial charge in [-0.1, -0.05) is 13.5 Å². The average Bonchev–Trinajstić information content (AvgIpc) is 3.02. The zero-order chi connectivity index (χ0) is 12.5. The smallest absolute Gasteiger partial charge is 0.515 e. The topological polar surface area (TPSA) is 26.3 Å². The number of hydrogen-bond donors (Lipinski definition) is 0. The minimum absolute atomic E-state index is 0. The van der Waals surface area contributed by atoms with E-state index in [9.17, 15) is 4.79 Å². The number of esters is 1. The molecule has 0 heterocycles. The number of ether oxygens (including phenoxy) is 1. The van der Waals surface area contributed by atoms with Gasteiger partial charge in [-0.25, -0.2) is 12.1 Å². The molecule has 0 aromatic heterocycles. The van der Waals surface area contributed by atoms with Crippen LogP contribution in [-0.4, -0.2) is 5.97 Å². The molecule has 2 aromatic rings. The van der Waals surface area contributed by atoms with Crippen LogP contribution in [0.3, 0.4) is 0 Å². The number of rotatable bonds is 3. The van der Waals surface area contributed by atoms with Crippen LogP contribution < -0.4 is 4.74 Å². The Kier molecular flexibility index (Phi) is 8.63. The molecule has 0 amide bonds. The molecule has 3 heteroatoms. The van der Waals surface area contributed by atoms with Crippen molar-refractivity contribution in [1.82, 2.24) is 0 Å². The molecule has 0 fully saturated rings. The molecular formula is C15H16FeO2. The SMILES string of the molecule is C=C(CC)C(=O)O[c-]1cccc1.[Fe+2].c1cc[cH-]c1. The van der Waals surface area contributed by atoms with Gasteiger partial charge >= 0.3 is 17.1 Å². The van der Waals surface area contributed by atoms with Gasteiger partial charge < -0.3 is 9.53 Å². The summed E-state index contributed by atoms with van der Waals surface area (Å²) in [6.45, 7) is 5.45. The van der Waals surface area contributed by atoms with E-state index in [1.54, 1.807) is 12.1 Å². The summed E-state index contributed by atoms with van der Waals surface area (Å²) in [5.74, 6) is 0.235. The number of carbonyl (C=O) groups excluding carboxylic acids is 1. The van der Waals surface area contributed by atoms with E-state index in [1.165, 1.54) is 0 Å². The van der Waals surface area contributed by atoms with Gasteiger partial charge in [0.1, 0.15) is 0 Å². The van der Waals surface area contributed by atoms with Crippen LogP contribution in [0.25, 0.3) is 0 Å². The first-order valence-corrected chi connectivity index (χ1v) is 5.52. The quantitative estimate of drug-likeness (QED) is 0.372. The molecular weight excluding hydrogens is 268 g/mol. The van der Waals surface area contributed by atoms with E-state index in [0.29, 0.717) is 17.7 Å². The summed E-state index contributed by atoms with van der Waals surface area (Å²) in [5, 5.41) is 0. The molecule has 0 N–H and O–H groups in total. The summed E-state index contributed by atoms with van der Waals surface area (Å²) < 4.78 is 4.97. The molecule has 18 heavy (non-hydrogen) atoms. The first-order chi connectivity index (χ1) is 8.24. The van der Waals surface area contributed by atoms with Crippen molar-refractivity contribution in [3.8, 4) is 5.75 Å². The maximum atomic E-state index is 11.1. The molecule has 0 unspecified atom stereocenters. The molecule has 2 nitrogen and oxygen atoms in total. The summed E-state index contributed by atoms with van der Waals surface area (Å²) >= 11 is 0. The van der Waals surface area contributed by atoms with E-state index < -0.39 is 0 Å². The summed E-state index contributed by atoms with van der Waals surface area (Å²) in [4.78, 5) is 11.1. The third-order valence-corrected chi connectivity index (χ3v) is 2.11. The van der Waals surface area contributed by atoms with Gasteiger partial charge in [0.15, 0.2) is 0 Å². The Morgan fingerprint density at radius 1 is 1.22 bits per heavy atom. The molecule has 0 atom stereocenters. The second kappa shape index (κ2) is 9.46. The minimum atomic E-state index is -0.344. The fourth-order valence-corrected chi connectivity index (χ4v) is 1.07. The van der Waals surface area contributed by atoms with Gasteiger partial charge in [-0.2, -0.15) is 30.3 Å². The van der Waals surface area contributed by atoms with Crippen molar-refractivity contribution >= 4 is 5.97 Å². The second-order valence-electron chi connectivity index (χ2n) is 3.43. The standard InChI is InChI=1S/C10H11O2.C5H5.Fe/c1-3-8(2)10(11)12-9-6-4-5-7-9;1-2-4-5-3-1;/h4-7H,2-3H2,1H3;1-5H;/q2*-1;+2. The molecule has 0 spiro atoms. The Balaban J connectivity index is 0.000000405. The maximum Gasteiger partial charge on any atom is 2.00 e. The van der Waals surface area contributed by atoms with Crippen LogP contribution in [0.2, 0.25) is 0 Å².